The van der Waals surface area contributed by atoms with Gasteiger partial charge in [0.15, 0.2) is 0 Å². The van der Waals surface area contributed by atoms with Crippen LogP contribution in [0.3, 0.4) is 0 Å². The van der Waals surface area contributed by atoms with E-state index < -0.39 is 0 Å². The Hall–Kier alpha value is -2.69. The van der Waals surface area contributed by atoms with Crippen LogP contribution in [0.15, 0.2) is 36.4 Å². The van der Waals surface area contributed by atoms with Crippen molar-refractivity contribution in [1.29, 1.82) is 0 Å². The van der Waals surface area contributed by atoms with E-state index in [2.05, 4.69) is 34.6 Å². The molecule has 22 heavy (non-hydrogen) atoms. The number of fused-ring (bicyclic) bond motifs is 1. The van der Waals surface area contributed by atoms with E-state index in [9.17, 15) is 4.79 Å². The quantitative estimate of drug-likeness (QED) is 0.774. The predicted molar refractivity (Wildman–Crippen MR) is 87.1 cm³/mol. The lowest BCUT2D eigenvalue weighted by Gasteiger charge is -2.16. The van der Waals surface area contributed by atoms with Gasteiger partial charge in [0.25, 0.3) is 5.91 Å². The summed E-state index contributed by atoms with van der Waals surface area (Å²) in [5, 5.41) is 13.6. The van der Waals surface area contributed by atoms with Gasteiger partial charge in [0.2, 0.25) is 0 Å². The van der Waals surface area contributed by atoms with Crippen molar-refractivity contribution in [3.05, 3.63) is 53.1 Å². The zero-order valence-electron chi connectivity index (χ0n) is 12.8. The molecule has 0 aliphatic rings. The van der Waals surface area contributed by atoms with Crippen LogP contribution in [0.5, 0.6) is 0 Å². The van der Waals surface area contributed by atoms with Crippen molar-refractivity contribution in [2.75, 3.05) is 5.32 Å². The molecule has 0 atom stereocenters. The maximum absolute atomic E-state index is 12.5. The second-order valence-corrected chi connectivity index (χ2v) is 5.68. The van der Waals surface area contributed by atoms with Crippen LogP contribution in [0, 0.1) is 6.92 Å². The van der Waals surface area contributed by atoms with E-state index in [4.69, 9.17) is 0 Å². The number of amides is 1. The molecule has 1 amide bonds. The topological polar surface area (TPSA) is 70.7 Å². The zero-order chi connectivity index (χ0) is 15.7. The number of hydrogen-bond acceptors (Lipinski definition) is 3. The molecule has 3 rings (SSSR count). The minimum atomic E-state index is -0.138. The van der Waals surface area contributed by atoms with Gasteiger partial charge in [-0.2, -0.15) is 15.4 Å². The van der Waals surface area contributed by atoms with Gasteiger partial charge in [-0.25, -0.2) is 0 Å². The summed E-state index contributed by atoms with van der Waals surface area (Å²) in [7, 11) is 0. The number of nitrogens with one attached hydrogen (secondary N) is 2. The lowest BCUT2D eigenvalue weighted by molar-refractivity contribution is 0.102. The van der Waals surface area contributed by atoms with Crippen molar-refractivity contribution in [1.82, 2.24) is 15.4 Å². The third kappa shape index (κ3) is 2.57. The third-order valence-electron chi connectivity index (χ3n) is 3.74. The number of para-hydroxylation sites is 1. The van der Waals surface area contributed by atoms with E-state index in [-0.39, 0.29) is 5.91 Å². The van der Waals surface area contributed by atoms with Gasteiger partial charge in [0.1, 0.15) is 11.0 Å². The van der Waals surface area contributed by atoms with Crippen molar-refractivity contribution in [3.63, 3.8) is 0 Å². The summed E-state index contributed by atoms with van der Waals surface area (Å²) in [5.41, 5.74) is 5.08. The summed E-state index contributed by atoms with van der Waals surface area (Å²) >= 11 is 0. The molecule has 2 aromatic carbocycles. The Bertz CT molecular complexity index is 836. The smallest absolute Gasteiger partial charge is 0.255 e. The van der Waals surface area contributed by atoms with Gasteiger partial charge in [-0.05, 0) is 42.2 Å². The van der Waals surface area contributed by atoms with Crippen LogP contribution in [0.1, 0.15) is 41.3 Å². The number of benzene rings is 2. The van der Waals surface area contributed by atoms with E-state index >= 15 is 0 Å². The van der Waals surface area contributed by atoms with E-state index in [1.807, 2.05) is 25.1 Å². The molecule has 0 saturated heterocycles. The fourth-order valence-electron chi connectivity index (χ4n) is 2.51. The number of aromatic nitrogens is 3. The summed E-state index contributed by atoms with van der Waals surface area (Å²) < 4.78 is 0. The Labute approximate surface area is 128 Å². The first-order valence-corrected chi connectivity index (χ1v) is 7.27. The number of hydrogen-bond donors (Lipinski definition) is 2. The van der Waals surface area contributed by atoms with Gasteiger partial charge < -0.3 is 5.32 Å². The van der Waals surface area contributed by atoms with Crippen LogP contribution < -0.4 is 5.32 Å². The van der Waals surface area contributed by atoms with Gasteiger partial charge in [0, 0.05) is 11.3 Å². The molecular weight excluding hydrogens is 276 g/mol. The zero-order valence-corrected chi connectivity index (χ0v) is 12.8. The minimum absolute atomic E-state index is 0.138. The number of H-pyrrole nitrogens is 1. The van der Waals surface area contributed by atoms with Crippen LogP contribution in [0.25, 0.3) is 11.0 Å². The number of anilines is 1. The van der Waals surface area contributed by atoms with Crippen molar-refractivity contribution >= 4 is 22.6 Å². The first-order chi connectivity index (χ1) is 10.6. The highest BCUT2D eigenvalue weighted by Crippen LogP contribution is 2.28. The van der Waals surface area contributed by atoms with Crippen LogP contribution in [0.2, 0.25) is 0 Å². The Balaban J connectivity index is 1.94. The summed E-state index contributed by atoms with van der Waals surface area (Å²) in [5.74, 6) is 0.203. The van der Waals surface area contributed by atoms with Gasteiger partial charge in [0.05, 0.1) is 0 Å². The van der Waals surface area contributed by atoms with Gasteiger partial charge in [-0.15, -0.1) is 0 Å². The summed E-state index contributed by atoms with van der Waals surface area (Å²) in [6.45, 7) is 6.24. The molecule has 5 heteroatoms. The Morgan fingerprint density at radius 1 is 1.14 bits per heavy atom. The fraction of sp³-hybridized carbons (Fsp3) is 0.235. The average Bonchev–Trinajstić information content (AvgIpc) is 2.96. The van der Waals surface area contributed by atoms with Crippen molar-refractivity contribution in [2.45, 2.75) is 26.7 Å². The molecule has 2 N–H and O–H groups in total. The highest BCUT2D eigenvalue weighted by molar-refractivity contribution is 6.06. The molecule has 0 radical (unpaired) electrons. The number of aryl methyl sites for hydroxylation is 1. The summed E-state index contributed by atoms with van der Waals surface area (Å²) in [4.78, 5) is 12.5. The van der Waals surface area contributed by atoms with Gasteiger partial charge in [-0.1, -0.05) is 32.0 Å². The Morgan fingerprint density at radius 3 is 2.68 bits per heavy atom. The number of carbonyl (C=O) groups excluding carboxylic acids is 1. The first-order valence-electron chi connectivity index (χ1n) is 7.27. The molecule has 5 nitrogen and oxygen atoms in total. The molecule has 0 bridgehead atoms. The minimum Gasteiger partial charge on any atom is -0.321 e. The summed E-state index contributed by atoms with van der Waals surface area (Å²) in [6.07, 6.45) is 0. The van der Waals surface area contributed by atoms with Crippen LogP contribution in [-0.4, -0.2) is 21.3 Å². The molecule has 1 heterocycles. The predicted octanol–water partition coefficient (Wildman–Crippen LogP) is 3.64. The van der Waals surface area contributed by atoms with Crippen molar-refractivity contribution in [2.24, 2.45) is 0 Å². The number of carbonyl (C=O) groups is 1. The van der Waals surface area contributed by atoms with E-state index in [0.29, 0.717) is 17.0 Å². The molecule has 0 spiro atoms. The molecule has 0 unspecified atom stereocenters. The number of aromatic amines is 1. The summed E-state index contributed by atoms with van der Waals surface area (Å²) in [6, 6.07) is 11.3. The monoisotopic (exact) mass is 294 g/mol. The van der Waals surface area contributed by atoms with E-state index in [0.717, 1.165) is 22.3 Å². The molecule has 0 aliphatic heterocycles. The highest BCUT2D eigenvalue weighted by Gasteiger charge is 2.14. The molecule has 0 saturated carbocycles. The lowest BCUT2D eigenvalue weighted by Crippen LogP contribution is -2.14. The molecule has 3 aromatic rings. The largest absolute Gasteiger partial charge is 0.321 e. The maximum Gasteiger partial charge on any atom is 0.255 e. The molecule has 112 valence electrons. The Kier molecular flexibility index (Phi) is 3.63. The Morgan fingerprint density at radius 2 is 1.91 bits per heavy atom. The standard InChI is InChI=1S/C17H18N4O/c1-10(2)13-6-4-5-11(3)16(13)18-17(22)12-7-8-14-15(9-12)20-21-19-14/h4-10H,1-3H3,(H,18,22)(H,19,20,21). The molecular formula is C17H18N4O. The van der Waals surface area contributed by atoms with Gasteiger partial charge >= 0.3 is 0 Å². The molecule has 0 fully saturated rings. The van der Waals surface area contributed by atoms with Crippen LogP contribution in [-0.2, 0) is 0 Å². The van der Waals surface area contributed by atoms with Crippen LogP contribution in [0.4, 0.5) is 5.69 Å². The maximum atomic E-state index is 12.5. The van der Waals surface area contributed by atoms with E-state index in [1.165, 1.54) is 0 Å². The third-order valence-corrected chi connectivity index (χ3v) is 3.74. The number of nitrogens with zero attached hydrogens (tertiary/aromatic N) is 2. The first kappa shape index (κ1) is 14.3. The second kappa shape index (κ2) is 5.60. The van der Waals surface area contributed by atoms with E-state index in [1.54, 1.807) is 18.2 Å². The average molecular weight is 294 g/mol. The fourth-order valence-corrected chi connectivity index (χ4v) is 2.51. The SMILES string of the molecule is Cc1cccc(C(C)C)c1NC(=O)c1ccc2n[nH]nc2c1. The highest BCUT2D eigenvalue weighted by atomic mass is 16.1. The number of rotatable bonds is 3. The molecule has 1 aromatic heterocycles. The lowest BCUT2D eigenvalue weighted by atomic mass is 9.98. The molecule has 0 aliphatic carbocycles. The van der Waals surface area contributed by atoms with Crippen molar-refractivity contribution < 1.29 is 4.79 Å². The normalized spacial score (nSPS) is 11.1. The second-order valence-electron chi connectivity index (χ2n) is 5.68. The van der Waals surface area contributed by atoms with Crippen molar-refractivity contribution in [3.8, 4) is 0 Å². The van der Waals surface area contributed by atoms with Gasteiger partial charge in [-0.3, -0.25) is 4.79 Å². The van der Waals surface area contributed by atoms with Crippen LogP contribution >= 0.6 is 0 Å².